The van der Waals surface area contributed by atoms with Gasteiger partial charge in [0, 0.05) is 50.5 Å². The number of sulfonamides is 1. The molecule has 182 valence electrons. The molecule has 4 rings (SSSR count). The highest BCUT2D eigenvalue weighted by atomic mass is 32.2. The first kappa shape index (κ1) is 24.0. The molecule has 0 saturated carbocycles. The Bertz CT molecular complexity index is 1110. The molecule has 2 fully saturated rings. The monoisotopic (exact) mass is 486 g/mol. The van der Waals surface area contributed by atoms with Crippen LogP contribution in [0, 0.1) is 0 Å². The van der Waals surface area contributed by atoms with Gasteiger partial charge in [-0.05, 0) is 61.4 Å². The van der Waals surface area contributed by atoms with Crippen molar-refractivity contribution in [2.24, 2.45) is 0 Å². The number of likely N-dealkylation sites (tertiary alicyclic amines) is 1. The fraction of sp³-hybridized carbons (Fsp3) is 0.417. The molecule has 9 nitrogen and oxygen atoms in total. The summed E-state index contributed by atoms with van der Waals surface area (Å²) in [5, 5.41) is 0. The van der Waals surface area contributed by atoms with Crippen molar-refractivity contribution < 1.29 is 22.7 Å². The van der Waals surface area contributed by atoms with Gasteiger partial charge in [-0.25, -0.2) is 8.42 Å². The van der Waals surface area contributed by atoms with Crippen molar-refractivity contribution in [3.8, 4) is 5.75 Å². The van der Waals surface area contributed by atoms with E-state index in [-0.39, 0.29) is 16.7 Å². The van der Waals surface area contributed by atoms with Crippen molar-refractivity contribution in [3.63, 3.8) is 0 Å². The maximum Gasteiger partial charge on any atom is 0.261 e. The summed E-state index contributed by atoms with van der Waals surface area (Å²) in [6.07, 6.45) is 2.15. The van der Waals surface area contributed by atoms with Crippen molar-refractivity contribution in [1.82, 2.24) is 14.7 Å². The highest BCUT2D eigenvalue weighted by molar-refractivity contribution is 7.92. The standard InChI is InChI=1S/C24H30N4O5S/c1-33-21-8-6-20(7-9-21)25-34(31,32)22-10-4-19(5-11-22)24(30)28-16-14-26(15-17-28)18-23(29)27-12-2-3-13-27/h4-11,25H,2-3,12-18H2,1H3. The van der Waals surface area contributed by atoms with E-state index < -0.39 is 10.0 Å². The lowest BCUT2D eigenvalue weighted by molar-refractivity contribution is -0.131. The summed E-state index contributed by atoms with van der Waals surface area (Å²) >= 11 is 0. The topological polar surface area (TPSA) is 99.3 Å². The summed E-state index contributed by atoms with van der Waals surface area (Å²) in [5.74, 6) is 0.653. The first-order valence-corrected chi connectivity index (χ1v) is 12.9. The van der Waals surface area contributed by atoms with Crippen LogP contribution in [0.5, 0.6) is 5.75 Å². The highest BCUT2D eigenvalue weighted by Gasteiger charge is 2.26. The molecule has 1 N–H and O–H groups in total. The van der Waals surface area contributed by atoms with Crippen LogP contribution < -0.4 is 9.46 Å². The Labute approximate surface area is 200 Å². The molecule has 2 aromatic rings. The molecular formula is C24H30N4O5S. The van der Waals surface area contributed by atoms with Crippen LogP contribution in [0.3, 0.4) is 0 Å². The summed E-state index contributed by atoms with van der Waals surface area (Å²) in [4.78, 5) is 31.1. The van der Waals surface area contributed by atoms with E-state index in [9.17, 15) is 18.0 Å². The third kappa shape index (κ3) is 5.68. The number of rotatable bonds is 7. The molecule has 0 aliphatic carbocycles. The molecule has 0 atom stereocenters. The maximum atomic E-state index is 12.9. The summed E-state index contributed by atoms with van der Waals surface area (Å²) in [7, 11) is -2.24. The number of piperazine rings is 1. The molecule has 0 spiro atoms. The second kappa shape index (κ2) is 10.4. The van der Waals surface area contributed by atoms with Gasteiger partial charge in [-0.2, -0.15) is 0 Å². The van der Waals surface area contributed by atoms with Crippen LogP contribution in [0.4, 0.5) is 5.69 Å². The summed E-state index contributed by atoms with van der Waals surface area (Å²) in [6, 6.07) is 12.5. The second-order valence-corrected chi connectivity index (χ2v) is 10.2. The largest absolute Gasteiger partial charge is 0.497 e. The molecule has 2 aliphatic heterocycles. The third-order valence-corrected chi connectivity index (χ3v) is 7.63. The lowest BCUT2D eigenvalue weighted by atomic mass is 10.2. The maximum absolute atomic E-state index is 12.9. The molecule has 2 heterocycles. The Balaban J connectivity index is 1.31. The number of nitrogens with zero attached hydrogens (tertiary/aromatic N) is 3. The quantitative estimate of drug-likeness (QED) is 0.642. The molecule has 0 radical (unpaired) electrons. The number of nitrogens with one attached hydrogen (secondary N) is 1. The molecule has 10 heteroatoms. The van der Waals surface area contributed by atoms with E-state index in [4.69, 9.17) is 4.74 Å². The molecule has 0 bridgehead atoms. The predicted molar refractivity (Wildman–Crippen MR) is 128 cm³/mol. The van der Waals surface area contributed by atoms with Gasteiger partial charge in [-0.1, -0.05) is 0 Å². The molecule has 0 unspecified atom stereocenters. The van der Waals surface area contributed by atoms with Gasteiger partial charge in [0.05, 0.1) is 18.6 Å². The SMILES string of the molecule is COc1ccc(NS(=O)(=O)c2ccc(C(=O)N3CCN(CC(=O)N4CCCC4)CC3)cc2)cc1. The van der Waals surface area contributed by atoms with E-state index in [0.29, 0.717) is 49.7 Å². The zero-order valence-electron chi connectivity index (χ0n) is 19.3. The van der Waals surface area contributed by atoms with Gasteiger partial charge in [0.2, 0.25) is 5.91 Å². The van der Waals surface area contributed by atoms with Crippen LogP contribution in [0.15, 0.2) is 53.4 Å². The van der Waals surface area contributed by atoms with E-state index >= 15 is 0 Å². The molecule has 2 amide bonds. The van der Waals surface area contributed by atoms with Crippen LogP contribution in [0.2, 0.25) is 0 Å². The number of benzene rings is 2. The van der Waals surface area contributed by atoms with Crippen LogP contribution in [0.25, 0.3) is 0 Å². The first-order chi connectivity index (χ1) is 16.4. The number of carbonyl (C=O) groups excluding carboxylic acids is 2. The number of methoxy groups -OCH3 is 1. The number of amides is 2. The molecule has 2 aromatic carbocycles. The normalized spacial score (nSPS) is 17.0. The number of hydrogen-bond acceptors (Lipinski definition) is 6. The number of ether oxygens (including phenoxy) is 1. The lowest BCUT2D eigenvalue weighted by Gasteiger charge is -2.35. The van der Waals surface area contributed by atoms with Gasteiger partial charge in [0.1, 0.15) is 5.75 Å². The fourth-order valence-electron chi connectivity index (χ4n) is 4.20. The van der Waals surface area contributed by atoms with Crippen molar-refractivity contribution in [1.29, 1.82) is 0 Å². The smallest absolute Gasteiger partial charge is 0.261 e. The Morgan fingerprint density at radius 1 is 0.853 bits per heavy atom. The van der Waals surface area contributed by atoms with Crippen LogP contribution in [0.1, 0.15) is 23.2 Å². The van der Waals surface area contributed by atoms with Gasteiger partial charge in [0.15, 0.2) is 0 Å². The predicted octanol–water partition coefficient (Wildman–Crippen LogP) is 1.88. The van der Waals surface area contributed by atoms with Crippen molar-refractivity contribution in [2.75, 3.05) is 57.6 Å². The van der Waals surface area contributed by atoms with Crippen LogP contribution >= 0.6 is 0 Å². The number of anilines is 1. The average molecular weight is 487 g/mol. The van der Waals surface area contributed by atoms with E-state index in [0.717, 1.165) is 25.9 Å². The molecule has 2 aliphatic rings. The Morgan fingerprint density at radius 2 is 1.47 bits per heavy atom. The summed E-state index contributed by atoms with van der Waals surface area (Å²) < 4.78 is 33.0. The molecular weight excluding hydrogens is 456 g/mol. The molecule has 2 saturated heterocycles. The minimum Gasteiger partial charge on any atom is -0.497 e. The zero-order chi connectivity index (χ0) is 24.1. The van der Waals surface area contributed by atoms with Gasteiger partial charge < -0.3 is 14.5 Å². The van der Waals surface area contributed by atoms with Crippen LogP contribution in [-0.4, -0.2) is 87.9 Å². The van der Waals surface area contributed by atoms with Gasteiger partial charge in [-0.3, -0.25) is 19.2 Å². The van der Waals surface area contributed by atoms with Crippen LogP contribution in [-0.2, 0) is 14.8 Å². The Hall–Kier alpha value is -3.11. The molecule has 34 heavy (non-hydrogen) atoms. The fourth-order valence-corrected chi connectivity index (χ4v) is 5.26. The number of hydrogen-bond donors (Lipinski definition) is 1. The number of carbonyl (C=O) groups is 2. The minimum absolute atomic E-state index is 0.0742. The third-order valence-electron chi connectivity index (χ3n) is 6.23. The van der Waals surface area contributed by atoms with Crippen molar-refractivity contribution >= 4 is 27.5 Å². The zero-order valence-corrected chi connectivity index (χ0v) is 20.1. The lowest BCUT2D eigenvalue weighted by Crippen LogP contribution is -2.51. The van der Waals surface area contributed by atoms with E-state index in [1.54, 1.807) is 36.3 Å². The minimum atomic E-state index is -3.78. The second-order valence-electron chi connectivity index (χ2n) is 8.51. The Kier molecular flexibility index (Phi) is 7.38. The average Bonchev–Trinajstić information content (AvgIpc) is 3.40. The molecule has 0 aromatic heterocycles. The van der Waals surface area contributed by atoms with Crippen molar-refractivity contribution in [2.45, 2.75) is 17.7 Å². The van der Waals surface area contributed by atoms with Crippen molar-refractivity contribution in [3.05, 3.63) is 54.1 Å². The summed E-state index contributed by atoms with van der Waals surface area (Å²) in [5.41, 5.74) is 0.854. The van der Waals surface area contributed by atoms with Gasteiger partial charge >= 0.3 is 0 Å². The summed E-state index contributed by atoms with van der Waals surface area (Å²) in [6.45, 7) is 4.44. The van der Waals surface area contributed by atoms with E-state index in [1.165, 1.54) is 24.3 Å². The Morgan fingerprint density at radius 3 is 2.06 bits per heavy atom. The highest BCUT2D eigenvalue weighted by Crippen LogP contribution is 2.20. The first-order valence-electron chi connectivity index (χ1n) is 11.4. The van der Waals surface area contributed by atoms with Gasteiger partial charge in [0.25, 0.3) is 15.9 Å². The van der Waals surface area contributed by atoms with E-state index in [2.05, 4.69) is 9.62 Å². The van der Waals surface area contributed by atoms with E-state index in [1.807, 2.05) is 4.90 Å². The van der Waals surface area contributed by atoms with Gasteiger partial charge in [-0.15, -0.1) is 0 Å².